The van der Waals surface area contributed by atoms with E-state index in [-0.39, 0.29) is 30.9 Å². The Morgan fingerprint density at radius 3 is 2.63 bits per heavy atom. The van der Waals surface area contributed by atoms with Gasteiger partial charge in [0, 0.05) is 0 Å². The summed E-state index contributed by atoms with van der Waals surface area (Å²) >= 11 is 0. The molecule has 1 rings (SSSR count). The summed E-state index contributed by atoms with van der Waals surface area (Å²) in [4.78, 5) is 21.3. The van der Waals surface area contributed by atoms with E-state index in [4.69, 9.17) is 9.84 Å². The number of alkyl halides is 3. The lowest BCUT2D eigenvalue weighted by atomic mass is 10.1. The van der Waals surface area contributed by atoms with Gasteiger partial charge in [-0.1, -0.05) is 0 Å². The number of rotatable bonds is 5. The maximum Gasteiger partial charge on any atom is 0.422 e. The molecule has 6 nitrogen and oxygen atoms in total. The molecule has 106 valence electrons. The van der Waals surface area contributed by atoms with E-state index < -0.39 is 23.3 Å². The van der Waals surface area contributed by atoms with Gasteiger partial charge >= 0.3 is 12.1 Å². The molecule has 0 atom stereocenters. The summed E-state index contributed by atoms with van der Waals surface area (Å²) in [6.45, 7) is 0.650. The van der Waals surface area contributed by atoms with Crippen molar-refractivity contribution in [2.24, 2.45) is 0 Å². The van der Waals surface area contributed by atoms with Crippen molar-refractivity contribution in [3.63, 3.8) is 0 Å². The van der Waals surface area contributed by atoms with Gasteiger partial charge in [-0.15, -0.1) is 0 Å². The summed E-state index contributed by atoms with van der Waals surface area (Å²) in [5.74, 6) is -1.08. The molecular weight excluding hydrogens is 269 g/mol. The summed E-state index contributed by atoms with van der Waals surface area (Å²) in [6, 6.07) is 0. The molecule has 0 saturated carbocycles. The smallest absolute Gasteiger partial charge is 0.422 e. The van der Waals surface area contributed by atoms with Gasteiger partial charge in [-0.3, -0.25) is 9.59 Å². The fourth-order valence-electron chi connectivity index (χ4n) is 1.38. The molecule has 1 aromatic rings. The Labute approximate surface area is 105 Å². The van der Waals surface area contributed by atoms with E-state index in [2.05, 4.69) is 5.10 Å². The molecule has 1 heterocycles. The average molecular weight is 280 g/mol. The Balaban J connectivity index is 2.87. The van der Waals surface area contributed by atoms with E-state index in [1.54, 1.807) is 5.10 Å². The minimum absolute atomic E-state index is 0.0858. The number of carbonyl (C=O) groups is 1. The number of aliphatic carboxylic acids is 1. The van der Waals surface area contributed by atoms with Crippen LogP contribution in [0.5, 0.6) is 0 Å². The molecule has 0 saturated heterocycles. The van der Waals surface area contributed by atoms with Crippen LogP contribution in [0.1, 0.15) is 23.2 Å². The van der Waals surface area contributed by atoms with Crippen LogP contribution in [0.4, 0.5) is 13.2 Å². The highest BCUT2D eigenvalue weighted by atomic mass is 19.4. The molecule has 19 heavy (non-hydrogen) atoms. The first kappa shape index (κ1) is 15.2. The normalized spacial score (nSPS) is 11.6. The van der Waals surface area contributed by atoms with Gasteiger partial charge in [-0.05, 0) is 12.5 Å². The van der Waals surface area contributed by atoms with Gasteiger partial charge in [-0.25, -0.2) is 5.10 Å². The van der Waals surface area contributed by atoms with E-state index >= 15 is 0 Å². The first-order valence-electron chi connectivity index (χ1n) is 5.18. The topological polar surface area (TPSA) is 92.3 Å². The maximum atomic E-state index is 12.6. The fourth-order valence-corrected chi connectivity index (χ4v) is 1.38. The zero-order valence-corrected chi connectivity index (χ0v) is 9.87. The monoisotopic (exact) mass is 280 g/mol. The second-order valence-corrected chi connectivity index (χ2v) is 3.69. The molecule has 2 N–H and O–H groups in total. The number of aromatic amines is 1. The Bertz CT molecular complexity index is 524. The molecule has 0 aromatic carbocycles. The highest BCUT2D eigenvalue weighted by molar-refractivity contribution is 5.66. The summed E-state index contributed by atoms with van der Waals surface area (Å²) in [5, 5.41) is 13.6. The zero-order chi connectivity index (χ0) is 14.6. The van der Waals surface area contributed by atoms with Crippen LogP contribution in [-0.4, -0.2) is 27.9 Å². The van der Waals surface area contributed by atoms with Crippen molar-refractivity contribution in [3.05, 3.63) is 27.2 Å². The Morgan fingerprint density at radius 2 is 2.11 bits per heavy atom. The molecule has 0 radical (unpaired) electrons. The molecule has 0 aliphatic heterocycles. The van der Waals surface area contributed by atoms with Crippen LogP contribution >= 0.6 is 0 Å². The van der Waals surface area contributed by atoms with Crippen LogP contribution in [0.25, 0.3) is 0 Å². The highest BCUT2D eigenvalue weighted by Crippen LogP contribution is 2.29. The van der Waals surface area contributed by atoms with Crippen LogP contribution < -0.4 is 5.56 Å². The van der Waals surface area contributed by atoms with Gasteiger partial charge in [0.1, 0.15) is 5.56 Å². The highest BCUT2D eigenvalue weighted by Gasteiger charge is 2.37. The second kappa shape index (κ2) is 5.83. The Kier molecular flexibility index (Phi) is 4.65. The second-order valence-electron chi connectivity index (χ2n) is 3.69. The summed E-state index contributed by atoms with van der Waals surface area (Å²) in [7, 11) is 0. The molecule has 0 spiro atoms. The number of H-pyrrole nitrogens is 1. The SMILES string of the molecule is Cc1c(COCCC(=O)O)n[nH]c(=O)c1C(F)(F)F. The van der Waals surface area contributed by atoms with E-state index in [0.717, 1.165) is 6.92 Å². The number of carboxylic acid groups (broad SMARTS) is 1. The van der Waals surface area contributed by atoms with E-state index in [9.17, 15) is 22.8 Å². The van der Waals surface area contributed by atoms with E-state index in [0.29, 0.717) is 0 Å². The third-order valence-corrected chi connectivity index (χ3v) is 2.31. The van der Waals surface area contributed by atoms with Crippen molar-refractivity contribution >= 4 is 5.97 Å². The zero-order valence-electron chi connectivity index (χ0n) is 9.87. The number of nitrogens with one attached hydrogen (secondary N) is 1. The third-order valence-electron chi connectivity index (χ3n) is 2.31. The fraction of sp³-hybridized carbons (Fsp3) is 0.500. The first-order chi connectivity index (χ1) is 8.73. The average Bonchev–Trinajstić information content (AvgIpc) is 2.24. The summed E-state index contributed by atoms with van der Waals surface area (Å²) in [6.07, 6.45) is -5.05. The van der Waals surface area contributed by atoms with Crippen molar-refractivity contribution in [3.8, 4) is 0 Å². The first-order valence-corrected chi connectivity index (χ1v) is 5.18. The predicted molar refractivity (Wildman–Crippen MR) is 56.5 cm³/mol. The van der Waals surface area contributed by atoms with Crippen molar-refractivity contribution in [1.82, 2.24) is 10.2 Å². The maximum absolute atomic E-state index is 12.6. The molecular formula is C10H11F3N2O4. The lowest BCUT2D eigenvalue weighted by molar-refractivity contribution is -0.139. The number of ether oxygens (including phenoxy) is 1. The number of hydrogen-bond acceptors (Lipinski definition) is 4. The lowest BCUT2D eigenvalue weighted by Gasteiger charge is -2.11. The van der Waals surface area contributed by atoms with Crippen LogP contribution in [0.15, 0.2) is 4.79 Å². The van der Waals surface area contributed by atoms with Crippen LogP contribution in [0.3, 0.4) is 0 Å². The van der Waals surface area contributed by atoms with Crippen LogP contribution in [-0.2, 0) is 22.3 Å². The molecule has 0 aliphatic carbocycles. The third kappa shape index (κ3) is 4.05. The van der Waals surface area contributed by atoms with Crippen molar-refractivity contribution < 1.29 is 27.8 Å². The quantitative estimate of drug-likeness (QED) is 0.787. The molecule has 0 aliphatic rings. The minimum Gasteiger partial charge on any atom is -0.481 e. The number of hydrogen-bond donors (Lipinski definition) is 2. The van der Waals surface area contributed by atoms with Crippen molar-refractivity contribution in [2.75, 3.05) is 6.61 Å². The van der Waals surface area contributed by atoms with Crippen LogP contribution in [0, 0.1) is 6.92 Å². The molecule has 0 amide bonds. The van der Waals surface area contributed by atoms with Crippen LogP contribution in [0.2, 0.25) is 0 Å². The van der Waals surface area contributed by atoms with Gasteiger partial charge in [0.15, 0.2) is 0 Å². The molecule has 0 bridgehead atoms. The molecule has 0 unspecified atom stereocenters. The van der Waals surface area contributed by atoms with Gasteiger partial charge in [0.2, 0.25) is 0 Å². The predicted octanol–water partition coefficient (Wildman–Crippen LogP) is 1.09. The molecule has 9 heteroatoms. The largest absolute Gasteiger partial charge is 0.481 e. The number of nitrogens with zero attached hydrogens (tertiary/aromatic N) is 1. The van der Waals surface area contributed by atoms with E-state index in [1.807, 2.05) is 0 Å². The van der Waals surface area contributed by atoms with Crippen molar-refractivity contribution in [2.45, 2.75) is 26.1 Å². The standard InChI is InChI=1S/C10H11F3N2O4/c1-5-6(4-19-3-2-7(16)17)14-15-9(18)8(5)10(11,12)13/h2-4H2,1H3,(H,15,18)(H,16,17). The lowest BCUT2D eigenvalue weighted by Crippen LogP contribution is -2.26. The summed E-state index contributed by atoms with van der Waals surface area (Å²) in [5.41, 5.74) is -3.05. The molecule has 0 fully saturated rings. The van der Waals surface area contributed by atoms with Gasteiger partial charge in [0.25, 0.3) is 5.56 Å². The van der Waals surface area contributed by atoms with Gasteiger partial charge < -0.3 is 9.84 Å². The number of aromatic nitrogens is 2. The Hall–Kier alpha value is -1.90. The Morgan fingerprint density at radius 1 is 1.47 bits per heavy atom. The van der Waals surface area contributed by atoms with E-state index in [1.165, 1.54) is 0 Å². The number of carboxylic acids is 1. The molecule has 1 aromatic heterocycles. The minimum atomic E-state index is -4.78. The summed E-state index contributed by atoms with van der Waals surface area (Å²) < 4.78 is 42.7. The van der Waals surface area contributed by atoms with Crippen molar-refractivity contribution in [1.29, 1.82) is 0 Å². The van der Waals surface area contributed by atoms with Gasteiger partial charge in [-0.2, -0.15) is 18.3 Å². The number of halogens is 3. The van der Waals surface area contributed by atoms with Gasteiger partial charge in [0.05, 0.1) is 25.3 Å².